The zero-order valence-electron chi connectivity index (χ0n) is 9.58. The summed E-state index contributed by atoms with van der Waals surface area (Å²) in [6, 6.07) is 8.04. The molecule has 0 heterocycles. The minimum Gasteiger partial charge on any atom is -0.497 e. The lowest BCUT2D eigenvalue weighted by Crippen LogP contribution is -2.19. The van der Waals surface area contributed by atoms with Gasteiger partial charge < -0.3 is 9.84 Å². The van der Waals surface area contributed by atoms with Gasteiger partial charge in [0.25, 0.3) is 0 Å². The van der Waals surface area contributed by atoms with Gasteiger partial charge in [0.15, 0.2) is 0 Å². The quantitative estimate of drug-likeness (QED) is 0.822. The molecule has 2 rings (SSSR count). The number of hydrogen-bond donors (Lipinski definition) is 1. The SMILES string of the molecule is COc1ccc(C2(CO)CC2(C)C)cc1. The summed E-state index contributed by atoms with van der Waals surface area (Å²) >= 11 is 0. The smallest absolute Gasteiger partial charge is 0.118 e. The molecule has 1 aromatic rings. The van der Waals surface area contributed by atoms with Crippen molar-refractivity contribution in [1.29, 1.82) is 0 Å². The molecule has 1 aliphatic rings. The Morgan fingerprint density at radius 3 is 2.13 bits per heavy atom. The van der Waals surface area contributed by atoms with Crippen LogP contribution in [-0.2, 0) is 5.41 Å². The van der Waals surface area contributed by atoms with Crippen LogP contribution in [0.3, 0.4) is 0 Å². The lowest BCUT2D eigenvalue weighted by atomic mass is 9.89. The second kappa shape index (κ2) is 3.24. The van der Waals surface area contributed by atoms with Crippen molar-refractivity contribution >= 4 is 0 Å². The fraction of sp³-hybridized carbons (Fsp3) is 0.538. The van der Waals surface area contributed by atoms with Gasteiger partial charge in [0, 0.05) is 5.41 Å². The molecule has 1 aliphatic carbocycles. The predicted molar refractivity (Wildman–Crippen MR) is 60.2 cm³/mol. The summed E-state index contributed by atoms with van der Waals surface area (Å²) < 4.78 is 5.13. The Labute approximate surface area is 90.9 Å². The first kappa shape index (κ1) is 10.5. The van der Waals surface area contributed by atoms with Crippen molar-refractivity contribution in [2.24, 2.45) is 5.41 Å². The van der Waals surface area contributed by atoms with Crippen molar-refractivity contribution in [1.82, 2.24) is 0 Å². The highest BCUT2D eigenvalue weighted by molar-refractivity contribution is 5.40. The molecule has 0 aliphatic heterocycles. The minimum absolute atomic E-state index is 0.0285. The van der Waals surface area contributed by atoms with E-state index in [9.17, 15) is 5.11 Å². The summed E-state index contributed by atoms with van der Waals surface area (Å²) in [4.78, 5) is 0. The molecule has 1 fully saturated rings. The summed E-state index contributed by atoms with van der Waals surface area (Å²) in [5, 5.41) is 9.54. The summed E-state index contributed by atoms with van der Waals surface area (Å²) in [6.45, 7) is 4.63. The molecule has 0 amide bonds. The van der Waals surface area contributed by atoms with Gasteiger partial charge in [-0.1, -0.05) is 26.0 Å². The van der Waals surface area contributed by atoms with E-state index in [0.717, 1.165) is 12.2 Å². The van der Waals surface area contributed by atoms with E-state index in [4.69, 9.17) is 4.74 Å². The minimum atomic E-state index is -0.0285. The fourth-order valence-corrected chi connectivity index (χ4v) is 2.47. The van der Waals surface area contributed by atoms with Crippen molar-refractivity contribution in [2.75, 3.05) is 13.7 Å². The van der Waals surface area contributed by atoms with Gasteiger partial charge in [0.1, 0.15) is 5.75 Å². The molecule has 82 valence electrons. The summed E-state index contributed by atoms with van der Waals surface area (Å²) in [7, 11) is 1.66. The maximum Gasteiger partial charge on any atom is 0.118 e. The molecule has 1 saturated carbocycles. The molecular formula is C13H18O2. The third-order valence-corrected chi connectivity index (χ3v) is 3.83. The molecule has 15 heavy (non-hydrogen) atoms. The van der Waals surface area contributed by atoms with Crippen molar-refractivity contribution in [2.45, 2.75) is 25.7 Å². The molecule has 0 bridgehead atoms. The lowest BCUT2D eigenvalue weighted by Gasteiger charge is -2.18. The number of methoxy groups -OCH3 is 1. The normalized spacial score (nSPS) is 27.5. The zero-order valence-corrected chi connectivity index (χ0v) is 9.58. The number of aliphatic hydroxyl groups is 1. The van der Waals surface area contributed by atoms with Crippen LogP contribution in [0, 0.1) is 5.41 Å². The number of hydrogen-bond acceptors (Lipinski definition) is 2. The molecule has 1 N–H and O–H groups in total. The van der Waals surface area contributed by atoms with Crippen molar-refractivity contribution in [3.63, 3.8) is 0 Å². The Hall–Kier alpha value is -1.02. The third kappa shape index (κ3) is 1.44. The number of ether oxygens (including phenoxy) is 1. The molecule has 1 atom stereocenters. The van der Waals surface area contributed by atoms with E-state index in [1.807, 2.05) is 12.1 Å². The van der Waals surface area contributed by atoms with Crippen LogP contribution in [0.25, 0.3) is 0 Å². The van der Waals surface area contributed by atoms with Gasteiger partial charge in [-0.2, -0.15) is 0 Å². The molecule has 0 aromatic heterocycles. The van der Waals surface area contributed by atoms with Gasteiger partial charge >= 0.3 is 0 Å². The fourth-order valence-electron chi connectivity index (χ4n) is 2.47. The van der Waals surface area contributed by atoms with Crippen molar-refractivity contribution in [3.05, 3.63) is 29.8 Å². The average molecular weight is 206 g/mol. The third-order valence-electron chi connectivity index (χ3n) is 3.83. The largest absolute Gasteiger partial charge is 0.497 e. The van der Waals surface area contributed by atoms with E-state index in [2.05, 4.69) is 26.0 Å². The Balaban J connectivity index is 2.30. The maximum absolute atomic E-state index is 9.54. The second-order valence-corrected chi connectivity index (χ2v) is 5.03. The Morgan fingerprint density at radius 2 is 1.80 bits per heavy atom. The highest BCUT2D eigenvalue weighted by Crippen LogP contribution is 2.63. The Morgan fingerprint density at radius 1 is 1.27 bits per heavy atom. The van der Waals surface area contributed by atoms with E-state index >= 15 is 0 Å². The Bertz CT molecular complexity index is 353. The van der Waals surface area contributed by atoms with E-state index in [-0.39, 0.29) is 17.4 Å². The molecule has 2 nitrogen and oxygen atoms in total. The Kier molecular flexibility index (Phi) is 2.27. The van der Waals surface area contributed by atoms with Crippen LogP contribution in [-0.4, -0.2) is 18.8 Å². The standard InChI is InChI=1S/C13H18O2/c1-12(2)8-13(12,9-14)10-4-6-11(15-3)7-5-10/h4-7,14H,8-9H2,1-3H3. The van der Waals surface area contributed by atoms with Crippen LogP contribution in [0.2, 0.25) is 0 Å². The molecule has 1 unspecified atom stereocenters. The molecule has 1 aromatic carbocycles. The molecule has 0 spiro atoms. The highest BCUT2D eigenvalue weighted by Gasteiger charge is 2.61. The number of benzene rings is 1. The van der Waals surface area contributed by atoms with Gasteiger partial charge in [-0.25, -0.2) is 0 Å². The van der Waals surface area contributed by atoms with Gasteiger partial charge in [0.2, 0.25) is 0 Å². The number of rotatable bonds is 3. The summed E-state index contributed by atoms with van der Waals surface area (Å²) in [5.41, 5.74) is 1.41. The van der Waals surface area contributed by atoms with Crippen LogP contribution in [0.4, 0.5) is 0 Å². The molecular weight excluding hydrogens is 188 g/mol. The van der Waals surface area contributed by atoms with Crippen molar-refractivity contribution in [3.8, 4) is 5.75 Å². The first-order valence-corrected chi connectivity index (χ1v) is 5.31. The monoisotopic (exact) mass is 206 g/mol. The first-order valence-electron chi connectivity index (χ1n) is 5.31. The lowest BCUT2D eigenvalue weighted by molar-refractivity contribution is 0.231. The van der Waals surface area contributed by atoms with Gasteiger partial charge in [-0.15, -0.1) is 0 Å². The first-order chi connectivity index (χ1) is 7.05. The average Bonchev–Trinajstić information content (AvgIpc) is 2.82. The topological polar surface area (TPSA) is 29.5 Å². The van der Waals surface area contributed by atoms with Crippen molar-refractivity contribution < 1.29 is 9.84 Å². The van der Waals surface area contributed by atoms with Crippen LogP contribution in [0.1, 0.15) is 25.8 Å². The van der Waals surface area contributed by atoms with Crippen LogP contribution in [0.5, 0.6) is 5.75 Å². The van der Waals surface area contributed by atoms with Crippen LogP contribution < -0.4 is 4.74 Å². The maximum atomic E-state index is 9.54. The highest BCUT2D eigenvalue weighted by atomic mass is 16.5. The van der Waals surface area contributed by atoms with Crippen LogP contribution >= 0.6 is 0 Å². The molecule has 2 heteroatoms. The van der Waals surface area contributed by atoms with E-state index in [0.29, 0.717) is 0 Å². The molecule has 0 saturated heterocycles. The van der Waals surface area contributed by atoms with Crippen LogP contribution in [0.15, 0.2) is 24.3 Å². The second-order valence-electron chi connectivity index (χ2n) is 5.03. The molecule has 0 radical (unpaired) electrons. The van der Waals surface area contributed by atoms with E-state index in [1.54, 1.807) is 7.11 Å². The predicted octanol–water partition coefficient (Wildman–Crippen LogP) is 2.36. The zero-order chi connectivity index (χ0) is 11.1. The number of aliphatic hydroxyl groups excluding tert-OH is 1. The summed E-state index contributed by atoms with van der Waals surface area (Å²) in [6.07, 6.45) is 1.06. The van der Waals surface area contributed by atoms with E-state index < -0.39 is 0 Å². The van der Waals surface area contributed by atoms with Gasteiger partial charge in [0.05, 0.1) is 13.7 Å². The van der Waals surface area contributed by atoms with E-state index in [1.165, 1.54) is 5.56 Å². The van der Waals surface area contributed by atoms with Gasteiger partial charge in [-0.05, 0) is 29.5 Å². The summed E-state index contributed by atoms with van der Waals surface area (Å²) in [5.74, 6) is 0.866. The van der Waals surface area contributed by atoms with Gasteiger partial charge in [-0.3, -0.25) is 0 Å².